The minimum Gasteiger partial charge on any atom is -0.446 e. The molecule has 2 rings (SSSR count). The lowest BCUT2D eigenvalue weighted by Gasteiger charge is -2.05. The van der Waals surface area contributed by atoms with E-state index in [1.807, 2.05) is 0 Å². The van der Waals surface area contributed by atoms with Crippen LogP contribution in [0.2, 0.25) is 0 Å². The van der Waals surface area contributed by atoms with Crippen molar-refractivity contribution < 1.29 is 18.8 Å². The number of aliphatic hydroxyl groups excluding tert-OH is 1. The molecular weight excluding hydrogens is 188 g/mol. The predicted molar refractivity (Wildman–Crippen MR) is 42.8 cm³/mol. The van der Waals surface area contributed by atoms with Gasteiger partial charge in [0, 0.05) is 6.07 Å². The van der Waals surface area contributed by atoms with Gasteiger partial charge in [-0.1, -0.05) is 5.16 Å². The first-order chi connectivity index (χ1) is 6.86. The SMILES string of the molecule is OC(OCc1ncco1)c1ccon1. The van der Waals surface area contributed by atoms with Crippen molar-refractivity contribution in [3.63, 3.8) is 0 Å². The molecule has 0 saturated carbocycles. The van der Waals surface area contributed by atoms with Crippen LogP contribution in [0, 0.1) is 0 Å². The monoisotopic (exact) mass is 196 g/mol. The Bertz CT molecular complexity index is 357. The summed E-state index contributed by atoms with van der Waals surface area (Å²) in [5, 5.41) is 12.9. The summed E-state index contributed by atoms with van der Waals surface area (Å²) >= 11 is 0. The second-order valence-electron chi connectivity index (χ2n) is 2.51. The third kappa shape index (κ3) is 1.98. The highest BCUT2D eigenvalue weighted by Gasteiger charge is 2.11. The van der Waals surface area contributed by atoms with Crippen molar-refractivity contribution in [3.05, 3.63) is 36.4 Å². The predicted octanol–water partition coefficient (Wildman–Crippen LogP) is 0.870. The molecule has 2 aromatic rings. The molecule has 0 aliphatic carbocycles. The fourth-order valence-electron chi connectivity index (χ4n) is 0.909. The van der Waals surface area contributed by atoms with Crippen molar-refractivity contribution in [2.24, 2.45) is 0 Å². The Labute approximate surface area is 79.1 Å². The molecule has 6 nitrogen and oxygen atoms in total. The Hall–Kier alpha value is -1.66. The zero-order valence-corrected chi connectivity index (χ0v) is 7.16. The molecule has 0 aliphatic heterocycles. The van der Waals surface area contributed by atoms with Crippen LogP contribution in [0.5, 0.6) is 0 Å². The first kappa shape index (κ1) is 8.92. The second-order valence-corrected chi connectivity index (χ2v) is 2.51. The number of rotatable bonds is 4. The summed E-state index contributed by atoms with van der Waals surface area (Å²) < 4.78 is 14.5. The minimum absolute atomic E-state index is 0.0844. The third-order valence-electron chi connectivity index (χ3n) is 1.56. The van der Waals surface area contributed by atoms with Gasteiger partial charge in [-0.3, -0.25) is 0 Å². The van der Waals surface area contributed by atoms with Crippen LogP contribution in [-0.4, -0.2) is 15.2 Å². The quantitative estimate of drug-likeness (QED) is 0.730. The molecule has 0 fully saturated rings. The molecule has 0 spiro atoms. The van der Waals surface area contributed by atoms with E-state index in [1.54, 1.807) is 0 Å². The largest absolute Gasteiger partial charge is 0.446 e. The van der Waals surface area contributed by atoms with Gasteiger partial charge < -0.3 is 18.8 Å². The van der Waals surface area contributed by atoms with Gasteiger partial charge in [0.2, 0.25) is 12.2 Å². The third-order valence-corrected chi connectivity index (χ3v) is 1.56. The van der Waals surface area contributed by atoms with Crippen molar-refractivity contribution in [2.75, 3.05) is 0 Å². The maximum atomic E-state index is 9.39. The summed E-state index contributed by atoms with van der Waals surface area (Å²) in [5.41, 5.74) is 0.316. The van der Waals surface area contributed by atoms with Crippen LogP contribution in [0.15, 0.2) is 33.7 Å². The van der Waals surface area contributed by atoms with Crippen LogP contribution < -0.4 is 0 Å². The molecular formula is C8H8N2O4. The van der Waals surface area contributed by atoms with Crippen molar-refractivity contribution in [1.29, 1.82) is 0 Å². The van der Waals surface area contributed by atoms with E-state index in [-0.39, 0.29) is 6.61 Å². The maximum absolute atomic E-state index is 9.39. The molecule has 0 aliphatic rings. The zero-order valence-electron chi connectivity index (χ0n) is 7.16. The number of aliphatic hydroxyl groups is 1. The van der Waals surface area contributed by atoms with Crippen molar-refractivity contribution in [2.45, 2.75) is 12.9 Å². The summed E-state index contributed by atoms with van der Waals surface area (Å²) in [6.45, 7) is 0.0844. The molecule has 6 heteroatoms. The Morgan fingerprint density at radius 2 is 2.43 bits per heavy atom. The van der Waals surface area contributed by atoms with Gasteiger partial charge in [0.15, 0.2) is 0 Å². The number of ether oxygens (including phenoxy) is 1. The average molecular weight is 196 g/mol. The Balaban J connectivity index is 1.87. The van der Waals surface area contributed by atoms with Crippen molar-refractivity contribution in [3.8, 4) is 0 Å². The van der Waals surface area contributed by atoms with Crippen LogP contribution in [0.25, 0.3) is 0 Å². The Morgan fingerprint density at radius 1 is 1.50 bits per heavy atom. The minimum atomic E-state index is -1.12. The summed E-state index contributed by atoms with van der Waals surface area (Å²) in [6.07, 6.45) is 3.16. The number of hydrogen-bond donors (Lipinski definition) is 1. The zero-order chi connectivity index (χ0) is 9.80. The fraction of sp³-hybridized carbons (Fsp3) is 0.250. The average Bonchev–Trinajstić information content (AvgIpc) is 2.87. The first-order valence-electron chi connectivity index (χ1n) is 3.94. The molecule has 1 atom stereocenters. The fourth-order valence-corrected chi connectivity index (χ4v) is 0.909. The molecule has 0 saturated heterocycles. The number of aromatic nitrogens is 2. The molecule has 1 unspecified atom stereocenters. The van der Waals surface area contributed by atoms with Crippen molar-refractivity contribution in [1.82, 2.24) is 10.1 Å². The summed E-state index contributed by atoms with van der Waals surface area (Å²) in [6, 6.07) is 1.51. The number of nitrogens with zero attached hydrogens (tertiary/aromatic N) is 2. The lowest BCUT2D eigenvalue weighted by molar-refractivity contribution is -0.120. The van der Waals surface area contributed by atoms with Gasteiger partial charge in [-0.2, -0.15) is 0 Å². The van der Waals surface area contributed by atoms with E-state index in [0.717, 1.165) is 0 Å². The van der Waals surface area contributed by atoms with Gasteiger partial charge in [0.05, 0.1) is 6.20 Å². The molecule has 2 heterocycles. The van der Waals surface area contributed by atoms with Gasteiger partial charge >= 0.3 is 0 Å². The number of hydrogen-bond acceptors (Lipinski definition) is 6. The Kier molecular flexibility index (Phi) is 2.57. The van der Waals surface area contributed by atoms with Crippen LogP contribution in [0.3, 0.4) is 0 Å². The van der Waals surface area contributed by atoms with E-state index < -0.39 is 6.29 Å². The summed E-state index contributed by atoms with van der Waals surface area (Å²) in [4.78, 5) is 3.82. The molecule has 0 amide bonds. The highest BCUT2D eigenvalue weighted by Crippen LogP contribution is 2.13. The van der Waals surface area contributed by atoms with Gasteiger partial charge in [-0.25, -0.2) is 4.98 Å². The maximum Gasteiger partial charge on any atom is 0.220 e. The van der Waals surface area contributed by atoms with E-state index in [1.165, 1.54) is 24.8 Å². The highest BCUT2D eigenvalue weighted by molar-refractivity contribution is 4.96. The van der Waals surface area contributed by atoms with E-state index in [0.29, 0.717) is 11.6 Å². The lowest BCUT2D eigenvalue weighted by Crippen LogP contribution is -2.03. The van der Waals surface area contributed by atoms with Crippen LogP contribution in [0.4, 0.5) is 0 Å². The smallest absolute Gasteiger partial charge is 0.220 e. The van der Waals surface area contributed by atoms with E-state index in [9.17, 15) is 5.11 Å². The van der Waals surface area contributed by atoms with Crippen LogP contribution in [0.1, 0.15) is 17.9 Å². The molecule has 0 aromatic carbocycles. The molecule has 14 heavy (non-hydrogen) atoms. The second kappa shape index (κ2) is 4.03. The first-order valence-corrected chi connectivity index (χ1v) is 3.94. The van der Waals surface area contributed by atoms with Gasteiger partial charge in [0.1, 0.15) is 24.8 Å². The van der Waals surface area contributed by atoms with Crippen LogP contribution >= 0.6 is 0 Å². The van der Waals surface area contributed by atoms with Gasteiger partial charge in [0.25, 0.3) is 0 Å². The van der Waals surface area contributed by atoms with Gasteiger partial charge in [-0.05, 0) is 0 Å². The van der Waals surface area contributed by atoms with E-state index >= 15 is 0 Å². The summed E-state index contributed by atoms with van der Waals surface area (Å²) in [5.74, 6) is 0.396. The molecule has 74 valence electrons. The lowest BCUT2D eigenvalue weighted by atomic mass is 10.4. The highest BCUT2D eigenvalue weighted by atomic mass is 16.6. The normalized spacial score (nSPS) is 12.9. The topological polar surface area (TPSA) is 81.5 Å². The molecule has 2 aromatic heterocycles. The standard InChI is InChI=1S/C8H8N2O4/c11-8(6-1-3-14-10-6)13-5-7-9-2-4-12-7/h1-4,8,11H,5H2. The number of oxazole rings is 1. The summed E-state index contributed by atoms with van der Waals surface area (Å²) in [7, 11) is 0. The van der Waals surface area contributed by atoms with Crippen molar-refractivity contribution >= 4 is 0 Å². The molecule has 0 radical (unpaired) electrons. The van der Waals surface area contributed by atoms with E-state index in [2.05, 4.69) is 14.7 Å². The molecule has 0 bridgehead atoms. The molecule has 1 N–H and O–H groups in total. The Morgan fingerprint density at radius 3 is 3.07 bits per heavy atom. The van der Waals surface area contributed by atoms with E-state index in [4.69, 9.17) is 9.15 Å². The van der Waals surface area contributed by atoms with Gasteiger partial charge in [-0.15, -0.1) is 0 Å². The van der Waals surface area contributed by atoms with Crippen LogP contribution in [-0.2, 0) is 11.3 Å².